The Hall–Kier alpha value is -1.91. The number of rotatable bonds is 2. The minimum atomic E-state index is -0.526. The molecule has 0 amide bonds. The van der Waals surface area contributed by atoms with E-state index >= 15 is 0 Å². The average molecular weight is 311 g/mol. The van der Waals surface area contributed by atoms with Crippen molar-refractivity contribution in [2.24, 2.45) is 0 Å². The molecule has 6 heteroatoms. The van der Waals surface area contributed by atoms with Crippen LogP contribution in [0.1, 0.15) is 10.4 Å². The normalized spacial score (nSPS) is 12.3. The van der Waals surface area contributed by atoms with E-state index in [9.17, 15) is 4.79 Å². The summed E-state index contributed by atoms with van der Waals surface area (Å²) >= 11 is 11.7. The summed E-state index contributed by atoms with van der Waals surface area (Å²) in [5, 5.41) is 0.679. The minimum absolute atomic E-state index is 0.166. The molecule has 0 spiro atoms. The summed E-state index contributed by atoms with van der Waals surface area (Å²) in [7, 11) is 0. The van der Waals surface area contributed by atoms with Crippen molar-refractivity contribution >= 4 is 29.2 Å². The number of hydrogen-bond acceptors (Lipinski definition) is 4. The van der Waals surface area contributed by atoms with Gasteiger partial charge in [0.25, 0.3) is 0 Å². The highest BCUT2D eigenvalue weighted by molar-refractivity contribution is 6.42. The van der Waals surface area contributed by atoms with E-state index in [0.717, 1.165) is 0 Å². The summed E-state index contributed by atoms with van der Waals surface area (Å²) in [6.07, 6.45) is 0. The van der Waals surface area contributed by atoms with Crippen LogP contribution in [0.2, 0.25) is 10.0 Å². The van der Waals surface area contributed by atoms with E-state index in [1.807, 2.05) is 0 Å². The van der Waals surface area contributed by atoms with Crippen LogP contribution in [0, 0.1) is 0 Å². The molecule has 4 nitrogen and oxygen atoms in total. The molecule has 0 saturated carbocycles. The zero-order valence-corrected chi connectivity index (χ0v) is 11.6. The Bertz CT molecular complexity index is 685. The molecular weight excluding hydrogens is 303 g/mol. The Morgan fingerprint density at radius 1 is 1.00 bits per heavy atom. The van der Waals surface area contributed by atoms with Crippen LogP contribution in [0.3, 0.4) is 0 Å². The Kier molecular flexibility index (Phi) is 3.42. The number of carbonyl (C=O) groups excluding carboxylic acids is 1. The lowest BCUT2D eigenvalue weighted by Crippen LogP contribution is -2.08. The SMILES string of the molecule is O=C(Oc1ccc2c(c1)OCO2)c1ccc(Cl)c(Cl)c1. The molecule has 102 valence electrons. The second-order valence-corrected chi connectivity index (χ2v) is 4.85. The molecule has 0 atom stereocenters. The van der Waals surface area contributed by atoms with Crippen LogP contribution >= 0.6 is 23.2 Å². The zero-order chi connectivity index (χ0) is 14.1. The van der Waals surface area contributed by atoms with Crippen molar-refractivity contribution < 1.29 is 19.0 Å². The van der Waals surface area contributed by atoms with Gasteiger partial charge in [0.2, 0.25) is 6.79 Å². The number of halogens is 2. The van der Waals surface area contributed by atoms with E-state index in [2.05, 4.69) is 0 Å². The lowest BCUT2D eigenvalue weighted by atomic mass is 10.2. The largest absolute Gasteiger partial charge is 0.454 e. The van der Waals surface area contributed by atoms with Crippen LogP contribution < -0.4 is 14.2 Å². The van der Waals surface area contributed by atoms with E-state index < -0.39 is 5.97 Å². The van der Waals surface area contributed by atoms with Gasteiger partial charge in [0.05, 0.1) is 15.6 Å². The van der Waals surface area contributed by atoms with Crippen molar-refractivity contribution in [1.82, 2.24) is 0 Å². The van der Waals surface area contributed by atoms with Gasteiger partial charge in [0, 0.05) is 6.07 Å². The molecule has 1 heterocycles. The van der Waals surface area contributed by atoms with Gasteiger partial charge in [0.15, 0.2) is 11.5 Å². The highest BCUT2D eigenvalue weighted by atomic mass is 35.5. The molecule has 2 aromatic rings. The van der Waals surface area contributed by atoms with Gasteiger partial charge in [-0.15, -0.1) is 0 Å². The molecule has 0 unspecified atom stereocenters. The fourth-order valence-corrected chi connectivity index (χ4v) is 2.03. The number of fused-ring (bicyclic) bond motifs is 1. The second-order valence-electron chi connectivity index (χ2n) is 4.03. The molecule has 1 aliphatic heterocycles. The van der Waals surface area contributed by atoms with E-state index in [0.29, 0.717) is 32.9 Å². The van der Waals surface area contributed by atoms with Gasteiger partial charge in [0.1, 0.15) is 5.75 Å². The van der Waals surface area contributed by atoms with Crippen molar-refractivity contribution in [2.45, 2.75) is 0 Å². The van der Waals surface area contributed by atoms with Crippen LogP contribution in [-0.2, 0) is 0 Å². The molecule has 0 aromatic heterocycles. The third-order valence-electron chi connectivity index (χ3n) is 2.71. The Balaban J connectivity index is 1.80. The molecule has 3 rings (SSSR count). The van der Waals surface area contributed by atoms with Crippen LogP contribution in [0.4, 0.5) is 0 Å². The lowest BCUT2D eigenvalue weighted by Gasteiger charge is -2.06. The maximum Gasteiger partial charge on any atom is 0.343 e. The molecule has 0 fully saturated rings. The smallest absolute Gasteiger partial charge is 0.343 e. The predicted octanol–water partition coefficient (Wildman–Crippen LogP) is 3.94. The first-order valence-electron chi connectivity index (χ1n) is 5.70. The summed E-state index contributed by atoms with van der Waals surface area (Å²) in [5.41, 5.74) is 0.317. The van der Waals surface area contributed by atoms with Crippen LogP contribution in [0.5, 0.6) is 17.2 Å². The van der Waals surface area contributed by atoms with E-state index in [4.69, 9.17) is 37.4 Å². The molecule has 2 aromatic carbocycles. The van der Waals surface area contributed by atoms with Gasteiger partial charge in [-0.3, -0.25) is 0 Å². The van der Waals surface area contributed by atoms with Gasteiger partial charge < -0.3 is 14.2 Å². The van der Waals surface area contributed by atoms with Gasteiger partial charge in [-0.2, -0.15) is 0 Å². The second kappa shape index (κ2) is 5.23. The summed E-state index contributed by atoms with van der Waals surface area (Å²) in [6.45, 7) is 0.166. The van der Waals surface area contributed by atoms with Crippen molar-refractivity contribution in [3.05, 3.63) is 52.0 Å². The third kappa shape index (κ3) is 2.53. The van der Waals surface area contributed by atoms with E-state index in [1.165, 1.54) is 6.07 Å². The van der Waals surface area contributed by atoms with Gasteiger partial charge in [-0.05, 0) is 30.3 Å². The summed E-state index contributed by atoms with van der Waals surface area (Å²) < 4.78 is 15.6. The average Bonchev–Trinajstić information content (AvgIpc) is 2.89. The lowest BCUT2D eigenvalue weighted by molar-refractivity contribution is 0.0734. The van der Waals surface area contributed by atoms with Crippen molar-refractivity contribution in [3.63, 3.8) is 0 Å². The number of hydrogen-bond donors (Lipinski definition) is 0. The summed E-state index contributed by atoms with van der Waals surface area (Å²) in [6, 6.07) is 9.45. The molecule has 0 radical (unpaired) electrons. The molecule has 1 aliphatic rings. The monoisotopic (exact) mass is 310 g/mol. The summed E-state index contributed by atoms with van der Waals surface area (Å²) in [4.78, 5) is 12.0. The molecule has 0 saturated heterocycles. The van der Waals surface area contributed by atoms with E-state index in [1.54, 1.807) is 30.3 Å². The minimum Gasteiger partial charge on any atom is -0.454 e. The number of carbonyl (C=O) groups is 1. The first kappa shape index (κ1) is 13.1. The number of ether oxygens (including phenoxy) is 3. The molecular formula is C14H8Cl2O4. The number of benzene rings is 2. The molecule has 0 N–H and O–H groups in total. The number of esters is 1. The molecule has 0 aliphatic carbocycles. The standard InChI is InChI=1S/C14H8Cl2O4/c15-10-3-1-8(5-11(10)16)14(17)20-9-2-4-12-13(6-9)19-7-18-12/h1-6H,7H2. The van der Waals surface area contributed by atoms with Crippen molar-refractivity contribution in [2.75, 3.05) is 6.79 Å². The molecule has 20 heavy (non-hydrogen) atoms. The highest BCUT2D eigenvalue weighted by Crippen LogP contribution is 2.35. The Morgan fingerprint density at radius 3 is 2.60 bits per heavy atom. The van der Waals surface area contributed by atoms with Crippen molar-refractivity contribution in [3.8, 4) is 17.2 Å². The van der Waals surface area contributed by atoms with Gasteiger partial charge in [-0.1, -0.05) is 23.2 Å². The zero-order valence-electron chi connectivity index (χ0n) is 10.1. The maximum absolute atomic E-state index is 12.0. The third-order valence-corrected chi connectivity index (χ3v) is 3.45. The van der Waals surface area contributed by atoms with Crippen LogP contribution in [0.25, 0.3) is 0 Å². The summed E-state index contributed by atoms with van der Waals surface area (Å²) in [5.74, 6) is 1.01. The first-order valence-corrected chi connectivity index (χ1v) is 6.46. The maximum atomic E-state index is 12.0. The Labute approximate surface area is 124 Å². The first-order chi connectivity index (χ1) is 9.63. The van der Waals surface area contributed by atoms with Crippen LogP contribution in [0.15, 0.2) is 36.4 Å². The quantitative estimate of drug-likeness (QED) is 0.622. The van der Waals surface area contributed by atoms with Crippen molar-refractivity contribution in [1.29, 1.82) is 0 Å². The van der Waals surface area contributed by atoms with Gasteiger partial charge >= 0.3 is 5.97 Å². The molecule has 0 bridgehead atoms. The highest BCUT2D eigenvalue weighted by Gasteiger charge is 2.16. The van der Waals surface area contributed by atoms with Crippen LogP contribution in [-0.4, -0.2) is 12.8 Å². The topological polar surface area (TPSA) is 44.8 Å². The van der Waals surface area contributed by atoms with Gasteiger partial charge in [-0.25, -0.2) is 4.79 Å². The van der Waals surface area contributed by atoms with E-state index in [-0.39, 0.29) is 6.79 Å². The Morgan fingerprint density at radius 2 is 1.80 bits per heavy atom. The predicted molar refractivity (Wildman–Crippen MR) is 74.0 cm³/mol. The fourth-order valence-electron chi connectivity index (χ4n) is 1.73. The fraction of sp³-hybridized carbons (Fsp3) is 0.0714.